The van der Waals surface area contributed by atoms with Gasteiger partial charge in [-0.05, 0) is 44.2 Å². The van der Waals surface area contributed by atoms with Gasteiger partial charge in [-0.25, -0.2) is 0 Å². The molecular formula is C18H27NOS. The highest BCUT2D eigenvalue weighted by Crippen LogP contribution is 2.37. The van der Waals surface area contributed by atoms with Gasteiger partial charge >= 0.3 is 0 Å². The molecule has 0 saturated heterocycles. The van der Waals surface area contributed by atoms with E-state index < -0.39 is 0 Å². The maximum absolute atomic E-state index is 8.74. The highest BCUT2D eigenvalue weighted by atomic mass is 32.1. The normalized spacial score (nSPS) is 18.5. The number of hydrogen-bond donors (Lipinski definition) is 1. The topological polar surface area (TPSA) is 23.5 Å². The predicted octanol–water partition coefficient (Wildman–Crippen LogP) is 3.88. The second kappa shape index (κ2) is 7.45. The second-order valence-electron chi connectivity index (χ2n) is 6.89. The minimum atomic E-state index is 0.144. The molecule has 1 aromatic heterocycles. The Hall–Kier alpha value is -0.820. The lowest BCUT2D eigenvalue weighted by Crippen LogP contribution is -2.36. The van der Waals surface area contributed by atoms with E-state index >= 15 is 0 Å². The van der Waals surface area contributed by atoms with Gasteiger partial charge < -0.3 is 5.11 Å². The molecule has 116 valence electrons. The summed E-state index contributed by atoms with van der Waals surface area (Å²) >= 11 is 1.79. The van der Waals surface area contributed by atoms with Crippen LogP contribution in [0.2, 0.25) is 0 Å². The van der Waals surface area contributed by atoms with Crippen molar-refractivity contribution < 1.29 is 5.11 Å². The van der Waals surface area contributed by atoms with E-state index in [1.165, 1.54) is 30.6 Å². The van der Waals surface area contributed by atoms with Crippen LogP contribution in [0.3, 0.4) is 0 Å². The number of rotatable bonds is 4. The van der Waals surface area contributed by atoms with Crippen LogP contribution in [-0.4, -0.2) is 29.7 Å². The van der Waals surface area contributed by atoms with Gasteiger partial charge in [0.2, 0.25) is 0 Å². The summed E-state index contributed by atoms with van der Waals surface area (Å²) in [6.07, 6.45) is 5.87. The Balaban J connectivity index is 1.86. The van der Waals surface area contributed by atoms with E-state index in [2.05, 4.69) is 49.1 Å². The van der Waals surface area contributed by atoms with Gasteiger partial charge in [-0.15, -0.1) is 11.3 Å². The summed E-state index contributed by atoms with van der Waals surface area (Å²) in [6, 6.07) is 2.92. The van der Waals surface area contributed by atoms with Gasteiger partial charge in [-0.1, -0.05) is 25.7 Å². The molecule has 1 aromatic rings. The molecule has 0 amide bonds. The summed E-state index contributed by atoms with van der Waals surface area (Å²) in [4.78, 5) is 3.89. The minimum absolute atomic E-state index is 0.144. The first kappa shape index (κ1) is 16.5. The number of nitrogens with zero attached hydrogens (tertiary/aromatic N) is 1. The maximum atomic E-state index is 8.74. The van der Waals surface area contributed by atoms with E-state index in [1.807, 2.05) is 0 Å². The van der Waals surface area contributed by atoms with Crippen LogP contribution in [0.5, 0.6) is 0 Å². The molecule has 1 saturated carbocycles. The molecule has 2 nitrogen and oxygen atoms in total. The fourth-order valence-corrected chi connectivity index (χ4v) is 3.83. The third kappa shape index (κ3) is 5.14. The summed E-state index contributed by atoms with van der Waals surface area (Å²) in [5.41, 5.74) is 1.62. The van der Waals surface area contributed by atoms with E-state index in [-0.39, 0.29) is 6.61 Å². The van der Waals surface area contributed by atoms with Gasteiger partial charge in [-0.3, -0.25) is 4.90 Å². The van der Waals surface area contributed by atoms with E-state index in [0.29, 0.717) is 11.8 Å². The number of thiophene rings is 1. The molecule has 0 bridgehead atoms. The lowest BCUT2D eigenvalue weighted by Gasteiger charge is -2.38. The van der Waals surface area contributed by atoms with Gasteiger partial charge in [-0.2, -0.15) is 0 Å². The van der Waals surface area contributed by atoms with Crippen LogP contribution < -0.4 is 0 Å². The van der Waals surface area contributed by atoms with Crippen LogP contribution in [0.15, 0.2) is 11.4 Å². The van der Waals surface area contributed by atoms with Gasteiger partial charge in [0.1, 0.15) is 0 Å². The van der Waals surface area contributed by atoms with Crippen molar-refractivity contribution in [1.29, 1.82) is 0 Å². The highest BCUT2D eigenvalue weighted by molar-refractivity contribution is 7.10. The number of aliphatic hydroxyl groups is 1. The molecule has 0 aromatic carbocycles. The van der Waals surface area contributed by atoms with E-state index in [1.54, 1.807) is 11.3 Å². The summed E-state index contributed by atoms with van der Waals surface area (Å²) in [5, 5.41) is 10.9. The zero-order valence-electron chi connectivity index (χ0n) is 13.5. The van der Waals surface area contributed by atoms with Crippen molar-refractivity contribution in [3.63, 3.8) is 0 Å². The standard InChI is InChI=1S/C18H27NOS/c1-18(2)9-7-16(8-10-18)19(3)13-17-12-15(14-21-17)6-4-5-11-20/h12,14,16,20H,5,7-11,13H2,1-3H3. The third-order valence-electron chi connectivity index (χ3n) is 4.46. The first-order chi connectivity index (χ1) is 10.00. The Kier molecular flexibility index (Phi) is 5.87. The Bertz CT molecular complexity index is 499. The fraction of sp³-hybridized carbons (Fsp3) is 0.667. The van der Waals surface area contributed by atoms with Crippen LogP contribution in [0.4, 0.5) is 0 Å². The monoisotopic (exact) mass is 305 g/mol. The van der Waals surface area contributed by atoms with E-state index in [0.717, 1.165) is 18.2 Å². The third-order valence-corrected chi connectivity index (χ3v) is 5.38. The van der Waals surface area contributed by atoms with Gasteiger partial charge in [0.05, 0.1) is 6.61 Å². The molecule has 1 fully saturated rings. The van der Waals surface area contributed by atoms with Crippen LogP contribution in [0.25, 0.3) is 0 Å². The Morgan fingerprint density at radius 3 is 2.76 bits per heavy atom. The quantitative estimate of drug-likeness (QED) is 0.853. The smallest absolute Gasteiger partial charge is 0.0540 e. The largest absolute Gasteiger partial charge is 0.395 e. The SMILES string of the molecule is CN(Cc1cc(C#CCCO)cs1)C1CCC(C)(C)CC1. The molecule has 0 atom stereocenters. The molecule has 3 heteroatoms. The average molecular weight is 305 g/mol. The van der Waals surface area contributed by atoms with Crippen molar-refractivity contribution in [1.82, 2.24) is 4.90 Å². The maximum Gasteiger partial charge on any atom is 0.0540 e. The molecule has 1 aliphatic rings. The highest BCUT2D eigenvalue weighted by Gasteiger charge is 2.28. The lowest BCUT2D eigenvalue weighted by molar-refractivity contribution is 0.124. The van der Waals surface area contributed by atoms with E-state index in [4.69, 9.17) is 5.11 Å². The molecule has 1 aliphatic carbocycles. The fourth-order valence-electron chi connectivity index (χ4n) is 2.95. The Labute approximate surface area is 133 Å². The predicted molar refractivity (Wildman–Crippen MR) is 90.4 cm³/mol. The zero-order valence-corrected chi connectivity index (χ0v) is 14.3. The first-order valence-corrected chi connectivity index (χ1v) is 8.75. The molecule has 2 rings (SSSR count). The number of hydrogen-bond acceptors (Lipinski definition) is 3. The van der Waals surface area contributed by atoms with Crippen molar-refractivity contribution in [2.24, 2.45) is 5.41 Å². The number of aliphatic hydroxyl groups excluding tert-OH is 1. The molecule has 0 spiro atoms. The molecule has 0 radical (unpaired) electrons. The first-order valence-electron chi connectivity index (χ1n) is 7.87. The van der Waals surface area contributed by atoms with E-state index in [9.17, 15) is 0 Å². The van der Waals surface area contributed by atoms with Gasteiger partial charge in [0.15, 0.2) is 0 Å². The van der Waals surface area contributed by atoms with Crippen molar-refractivity contribution >= 4 is 11.3 Å². The minimum Gasteiger partial charge on any atom is -0.395 e. The molecule has 0 aliphatic heterocycles. The molecule has 1 N–H and O–H groups in total. The van der Waals surface area contributed by atoms with Gasteiger partial charge in [0, 0.05) is 34.8 Å². The van der Waals surface area contributed by atoms with Gasteiger partial charge in [0.25, 0.3) is 0 Å². The summed E-state index contributed by atoms with van der Waals surface area (Å²) in [7, 11) is 2.25. The van der Waals surface area contributed by atoms with Crippen molar-refractivity contribution in [2.75, 3.05) is 13.7 Å². The summed E-state index contributed by atoms with van der Waals surface area (Å²) < 4.78 is 0. The van der Waals surface area contributed by atoms with Crippen molar-refractivity contribution in [2.45, 2.75) is 58.5 Å². The second-order valence-corrected chi connectivity index (χ2v) is 7.88. The summed E-state index contributed by atoms with van der Waals surface area (Å²) in [6.45, 7) is 5.95. The van der Waals surface area contributed by atoms with Crippen molar-refractivity contribution in [3.8, 4) is 11.8 Å². The van der Waals surface area contributed by atoms with Crippen LogP contribution >= 0.6 is 11.3 Å². The van der Waals surface area contributed by atoms with Crippen LogP contribution in [-0.2, 0) is 6.54 Å². The molecule has 21 heavy (non-hydrogen) atoms. The molecule has 1 heterocycles. The van der Waals surface area contributed by atoms with Crippen molar-refractivity contribution in [3.05, 3.63) is 21.9 Å². The zero-order chi connectivity index (χ0) is 15.3. The van der Waals surface area contributed by atoms with Crippen LogP contribution in [0.1, 0.15) is 56.4 Å². The average Bonchev–Trinajstić information content (AvgIpc) is 2.86. The molecule has 0 unspecified atom stereocenters. The Morgan fingerprint density at radius 2 is 2.10 bits per heavy atom. The Morgan fingerprint density at radius 1 is 1.38 bits per heavy atom. The molecular weight excluding hydrogens is 278 g/mol. The lowest BCUT2D eigenvalue weighted by atomic mass is 9.75. The summed E-state index contributed by atoms with van der Waals surface area (Å²) in [5.74, 6) is 6.09. The van der Waals surface area contributed by atoms with Crippen LogP contribution in [0, 0.1) is 17.3 Å².